The number of halogens is 1. The van der Waals surface area contributed by atoms with E-state index in [1.165, 1.54) is 25.7 Å². The summed E-state index contributed by atoms with van der Waals surface area (Å²) in [4.78, 5) is 17.8. The molecule has 6 heteroatoms. The highest BCUT2D eigenvalue weighted by Crippen LogP contribution is 2.11. The second-order valence-corrected chi connectivity index (χ2v) is 6.62. The summed E-state index contributed by atoms with van der Waals surface area (Å²) >= 11 is 0. The Kier molecular flexibility index (Phi) is 13.1. The molecule has 1 amide bonds. The van der Waals surface area contributed by atoms with E-state index in [0.29, 0.717) is 18.0 Å². The second-order valence-electron chi connectivity index (χ2n) is 6.62. The minimum absolute atomic E-state index is 0. The molecule has 0 fully saturated rings. The van der Waals surface area contributed by atoms with Crippen LogP contribution in [-0.4, -0.2) is 44.5 Å². The number of aliphatic imine (C=N–C) groups is 1. The van der Waals surface area contributed by atoms with Gasteiger partial charge < -0.3 is 15.5 Å². The predicted molar refractivity (Wildman–Crippen MR) is 121 cm³/mol. The van der Waals surface area contributed by atoms with Gasteiger partial charge in [-0.2, -0.15) is 0 Å². The van der Waals surface area contributed by atoms with E-state index in [1.807, 2.05) is 24.3 Å². The number of guanidine groups is 1. The van der Waals surface area contributed by atoms with Crippen LogP contribution >= 0.6 is 24.0 Å². The predicted octanol–water partition coefficient (Wildman–Crippen LogP) is 3.89. The smallest absolute Gasteiger partial charge is 0.253 e. The molecule has 1 rings (SSSR count). The summed E-state index contributed by atoms with van der Waals surface area (Å²) in [6.45, 7) is 6.11. The number of carbonyl (C=O) groups excluding carboxylic acids is 1. The fraction of sp³-hybridized carbons (Fsp3) is 0.600. The molecule has 1 aromatic carbocycles. The summed E-state index contributed by atoms with van der Waals surface area (Å²) in [5.74, 6) is 1.54. The Labute approximate surface area is 176 Å². The Bertz CT molecular complexity index is 543. The van der Waals surface area contributed by atoms with Crippen molar-refractivity contribution in [2.24, 2.45) is 10.9 Å². The third-order valence-corrected chi connectivity index (χ3v) is 4.39. The number of carbonyl (C=O) groups is 1. The average Bonchev–Trinajstić information content (AvgIpc) is 2.63. The number of hydrogen-bond acceptors (Lipinski definition) is 2. The van der Waals surface area contributed by atoms with Crippen LogP contribution in [0.5, 0.6) is 0 Å². The molecule has 0 aromatic heterocycles. The Morgan fingerprint density at radius 1 is 1.15 bits per heavy atom. The molecule has 0 aliphatic heterocycles. The van der Waals surface area contributed by atoms with Gasteiger partial charge in [-0.25, -0.2) is 0 Å². The SMILES string of the molecule is CCCCC(CC)CNC(=NC)NCc1ccc(C(=O)N(C)C)cc1.I. The number of hydrogen-bond donors (Lipinski definition) is 2. The molecular formula is C20H35IN4O. The molecule has 0 saturated carbocycles. The Morgan fingerprint density at radius 2 is 1.81 bits per heavy atom. The van der Waals surface area contributed by atoms with E-state index in [9.17, 15) is 4.79 Å². The van der Waals surface area contributed by atoms with E-state index >= 15 is 0 Å². The fourth-order valence-electron chi connectivity index (χ4n) is 2.61. The number of unbranched alkanes of at least 4 members (excludes halogenated alkanes) is 1. The van der Waals surface area contributed by atoms with Crippen molar-refractivity contribution in [1.82, 2.24) is 15.5 Å². The minimum atomic E-state index is 0. The first-order valence-electron chi connectivity index (χ1n) is 9.26. The number of benzene rings is 1. The lowest BCUT2D eigenvalue weighted by atomic mass is 9.99. The molecule has 1 unspecified atom stereocenters. The summed E-state index contributed by atoms with van der Waals surface area (Å²) in [6.07, 6.45) is 4.98. The van der Waals surface area contributed by atoms with Crippen molar-refractivity contribution < 1.29 is 4.79 Å². The van der Waals surface area contributed by atoms with Gasteiger partial charge >= 0.3 is 0 Å². The average molecular weight is 474 g/mol. The van der Waals surface area contributed by atoms with Gasteiger partial charge in [-0.05, 0) is 30.0 Å². The minimum Gasteiger partial charge on any atom is -0.356 e. The highest BCUT2D eigenvalue weighted by Gasteiger charge is 2.08. The van der Waals surface area contributed by atoms with Gasteiger partial charge in [-0.1, -0.05) is 45.2 Å². The van der Waals surface area contributed by atoms with Crippen molar-refractivity contribution in [2.75, 3.05) is 27.7 Å². The lowest BCUT2D eigenvalue weighted by Gasteiger charge is -2.18. The van der Waals surface area contributed by atoms with E-state index in [1.54, 1.807) is 26.0 Å². The van der Waals surface area contributed by atoms with E-state index in [-0.39, 0.29) is 29.9 Å². The summed E-state index contributed by atoms with van der Waals surface area (Å²) in [7, 11) is 5.32. The first-order chi connectivity index (χ1) is 12.0. The zero-order valence-corrected chi connectivity index (χ0v) is 19.2. The van der Waals surface area contributed by atoms with Crippen molar-refractivity contribution in [1.29, 1.82) is 0 Å². The first-order valence-corrected chi connectivity index (χ1v) is 9.26. The normalized spacial score (nSPS) is 12.1. The van der Waals surface area contributed by atoms with Gasteiger partial charge in [0.1, 0.15) is 0 Å². The summed E-state index contributed by atoms with van der Waals surface area (Å²) in [5.41, 5.74) is 1.83. The van der Waals surface area contributed by atoms with Crippen LogP contribution in [0.3, 0.4) is 0 Å². The highest BCUT2D eigenvalue weighted by atomic mass is 127. The van der Waals surface area contributed by atoms with Gasteiger partial charge in [0.2, 0.25) is 0 Å². The molecule has 0 heterocycles. The van der Waals surface area contributed by atoms with Crippen molar-refractivity contribution in [3.8, 4) is 0 Å². The fourth-order valence-corrected chi connectivity index (χ4v) is 2.61. The molecule has 0 aliphatic rings. The van der Waals surface area contributed by atoms with E-state index in [4.69, 9.17) is 0 Å². The van der Waals surface area contributed by atoms with Crippen LogP contribution in [0, 0.1) is 5.92 Å². The zero-order chi connectivity index (χ0) is 18.7. The van der Waals surface area contributed by atoms with E-state index in [0.717, 1.165) is 18.1 Å². The van der Waals surface area contributed by atoms with E-state index in [2.05, 4.69) is 29.5 Å². The third kappa shape index (κ3) is 8.87. The number of rotatable bonds is 9. The van der Waals surface area contributed by atoms with Crippen molar-refractivity contribution in [2.45, 2.75) is 46.1 Å². The Hall–Kier alpha value is -1.31. The molecule has 0 saturated heterocycles. The lowest BCUT2D eigenvalue weighted by molar-refractivity contribution is 0.0827. The zero-order valence-electron chi connectivity index (χ0n) is 16.8. The van der Waals surface area contributed by atoms with Crippen LogP contribution < -0.4 is 10.6 Å². The van der Waals surface area contributed by atoms with Gasteiger partial charge in [0.25, 0.3) is 5.91 Å². The number of nitrogens with zero attached hydrogens (tertiary/aromatic N) is 2. The molecule has 0 spiro atoms. The first kappa shape index (κ1) is 24.7. The topological polar surface area (TPSA) is 56.7 Å². The van der Waals surface area contributed by atoms with Crippen molar-refractivity contribution in [3.05, 3.63) is 35.4 Å². The van der Waals surface area contributed by atoms with Crippen LogP contribution in [0.4, 0.5) is 0 Å². The maximum absolute atomic E-state index is 11.9. The quantitative estimate of drug-likeness (QED) is 0.325. The highest BCUT2D eigenvalue weighted by molar-refractivity contribution is 14.0. The summed E-state index contributed by atoms with van der Waals surface area (Å²) < 4.78 is 0. The van der Waals surface area contributed by atoms with E-state index < -0.39 is 0 Å². The lowest BCUT2D eigenvalue weighted by Crippen LogP contribution is -2.39. The van der Waals surface area contributed by atoms with Gasteiger partial charge in [0.05, 0.1) is 0 Å². The van der Waals surface area contributed by atoms with Crippen LogP contribution in [0.2, 0.25) is 0 Å². The molecule has 2 N–H and O–H groups in total. The molecular weight excluding hydrogens is 439 g/mol. The molecule has 148 valence electrons. The maximum atomic E-state index is 11.9. The monoisotopic (exact) mass is 474 g/mol. The Morgan fingerprint density at radius 3 is 2.31 bits per heavy atom. The standard InChI is InChI=1S/C20H34N4O.HI/c1-6-8-9-16(7-2)14-22-20(21-3)23-15-17-10-12-18(13-11-17)19(25)24(4)5;/h10-13,16H,6-9,14-15H2,1-5H3,(H2,21,22,23);1H. The van der Waals surface area contributed by atoms with Crippen molar-refractivity contribution >= 4 is 35.8 Å². The summed E-state index contributed by atoms with van der Waals surface area (Å²) in [6, 6.07) is 7.70. The molecule has 0 radical (unpaired) electrons. The van der Waals surface area contributed by atoms with Gasteiger partial charge in [-0.3, -0.25) is 9.79 Å². The van der Waals surface area contributed by atoms with Crippen LogP contribution in [-0.2, 0) is 6.54 Å². The number of amides is 1. The largest absolute Gasteiger partial charge is 0.356 e. The molecule has 1 atom stereocenters. The Balaban J connectivity index is 0.00000625. The third-order valence-electron chi connectivity index (χ3n) is 4.39. The summed E-state index contributed by atoms with van der Waals surface area (Å²) in [5, 5.41) is 6.76. The molecule has 26 heavy (non-hydrogen) atoms. The van der Waals surface area contributed by atoms with Gasteiger partial charge in [0.15, 0.2) is 5.96 Å². The maximum Gasteiger partial charge on any atom is 0.253 e. The second kappa shape index (κ2) is 13.8. The van der Waals surface area contributed by atoms with Gasteiger partial charge in [0, 0.05) is 39.8 Å². The molecule has 0 aliphatic carbocycles. The number of nitrogens with one attached hydrogen (secondary N) is 2. The molecule has 0 bridgehead atoms. The molecule has 1 aromatic rings. The van der Waals surface area contributed by atoms with Crippen LogP contribution in [0.1, 0.15) is 55.5 Å². The van der Waals surface area contributed by atoms with Crippen LogP contribution in [0.15, 0.2) is 29.3 Å². The van der Waals surface area contributed by atoms with Gasteiger partial charge in [-0.15, -0.1) is 24.0 Å². The van der Waals surface area contributed by atoms with Crippen LogP contribution in [0.25, 0.3) is 0 Å². The van der Waals surface area contributed by atoms with Crippen molar-refractivity contribution in [3.63, 3.8) is 0 Å². The molecule has 5 nitrogen and oxygen atoms in total.